The minimum absolute atomic E-state index is 0.196. The van der Waals surface area contributed by atoms with E-state index in [4.69, 9.17) is 0 Å². The number of aromatic hydroxyl groups is 1. The average Bonchev–Trinajstić information content (AvgIpc) is 2.03. The van der Waals surface area contributed by atoms with Crippen LogP contribution in [0.5, 0.6) is 5.75 Å². The lowest BCUT2D eigenvalue weighted by Gasteiger charge is -2.17. The monoisotopic (exact) mass is 179 g/mol. The summed E-state index contributed by atoms with van der Waals surface area (Å²) in [7, 11) is 0. The van der Waals surface area contributed by atoms with E-state index in [1.807, 2.05) is 18.2 Å². The number of nitrogens with one attached hydrogen (secondary N) is 1. The van der Waals surface area contributed by atoms with Crippen LogP contribution >= 0.6 is 0 Å². The molecular weight excluding hydrogens is 162 g/mol. The van der Waals surface area contributed by atoms with Gasteiger partial charge in [0.2, 0.25) is 0 Å². The molecule has 0 aromatic heterocycles. The Labute approximate surface area is 79.6 Å². The Bertz CT molecular complexity index is 271. The van der Waals surface area contributed by atoms with Crippen LogP contribution in [-0.4, -0.2) is 11.1 Å². The molecule has 0 saturated heterocycles. The van der Waals surface area contributed by atoms with Gasteiger partial charge in [-0.3, -0.25) is 0 Å². The number of para-hydroxylation sites is 1. The summed E-state index contributed by atoms with van der Waals surface area (Å²) in [5.41, 5.74) is 0.955. The molecule has 0 saturated carbocycles. The first-order valence-electron chi connectivity index (χ1n) is 4.65. The van der Waals surface area contributed by atoms with Crippen LogP contribution in [-0.2, 0) is 0 Å². The number of hydrogen-bond donors (Lipinski definition) is 2. The maximum absolute atomic E-state index is 9.55. The van der Waals surface area contributed by atoms with Crippen LogP contribution in [0.15, 0.2) is 24.3 Å². The summed E-state index contributed by atoms with van der Waals surface area (Å²) >= 11 is 0. The highest BCUT2D eigenvalue weighted by Gasteiger charge is 2.09. The zero-order valence-electron chi connectivity index (χ0n) is 8.41. The summed E-state index contributed by atoms with van der Waals surface area (Å²) < 4.78 is 0. The number of rotatable bonds is 3. The highest BCUT2D eigenvalue weighted by molar-refractivity contribution is 5.34. The highest BCUT2D eigenvalue weighted by atomic mass is 16.3. The molecule has 0 aliphatic rings. The van der Waals surface area contributed by atoms with Crippen LogP contribution in [0.1, 0.15) is 32.4 Å². The Morgan fingerprint density at radius 1 is 1.15 bits per heavy atom. The van der Waals surface area contributed by atoms with Crippen molar-refractivity contribution < 1.29 is 5.11 Å². The molecule has 0 aliphatic heterocycles. The molecule has 1 rings (SSSR count). The smallest absolute Gasteiger partial charge is 0.120 e. The molecule has 0 amide bonds. The summed E-state index contributed by atoms with van der Waals surface area (Å²) in [6.45, 7) is 6.24. The van der Waals surface area contributed by atoms with E-state index in [2.05, 4.69) is 26.1 Å². The third kappa shape index (κ3) is 2.74. The quantitative estimate of drug-likeness (QED) is 0.747. The van der Waals surface area contributed by atoms with Gasteiger partial charge in [0.05, 0.1) is 0 Å². The van der Waals surface area contributed by atoms with Gasteiger partial charge in [-0.25, -0.2) is 0 Å². The molecule has 13 heavy (non-hydrogen) atoms. The summed E-state index contributed by atoms with van der Waals surface area (Å²) in [5.74, 6) is 0.364. The van der Waals surface area contributed by atoms with Crippen molar-refractivity contribution in [2.24, 2.45) is 0 Å². The van der Waals surface area contributed by atoms with Crippen molar-refractivity contribution in [3.05, 3.63) is 29.8 Å². The van der Waals surface area contributed by atoms with E-state index in [0.29, 0.717) is 11.8 Å². The van der Waals surface area contributed by atoms with E-state index in [1.165, 1.54) is 0 Å². The van der Waals surface area contributed by atoms with Gasteiger partial charge in [-0.2, -0.15) is 0 Å². The van der Waals surface area contributed by atoms with Crippen molar-refractivity contribution in [3.63, 3.8) is 0 Å². The molecule has 0 spiro atoms. The number of benzene rings is 1. The molecule has 1 atom stereocenters. The highest BCUT2D eigenvalue weighted by Crippen LogP contribution is 2.23. The van der Waals surface area contributed by atoms with Crippen molar-refractivity contribution in [3.8, 4) is 5.75 Å². The maximum atomic E-state index is 9.55. The van der Waals surface area contributed by atoms with E-state index in [1.54, 1.807) is 6.07 Å². The van der Waals surface area contributed by atoms with Gasteiger partial charge in [0.1, 0.15) is 5.75 Å². The molecule has 1 unspecified atom stereocenters. The minimum Gasteiger partial charge on any atom is -0.508 e. The summed E-state index contributed by atoms with van der Waals surface area (Å²) in [4.78, 5) is 0. The number of phenols is 1. The summed E-state index contributed by atoms with van der Waals surface area (Å²) in [6, 6.07) is 8.05. The minimum atomic E-state index is 0.196. The van der Waals surface area contributed by atoms with Gasteiger partial charge in [0.15, 0.2) is 0 Å². The molecular formula is C11H17NO. The molecule has 72 valence electrons. The van der Waals surface area contributed by atoms with Gasteiger partial charge >= 0.3 is 0 Å². The molecule has 0 aliphatic carbocycles. The molecule has 1 aromatic carbocycles. The third-order valence-electron chi connectivity index (χ3n) is 1.99. The molecule has 2 nitrogen and oxygen atoms in total. The van der Waals surface area contributed by atoms with Gasteiger partial charge in [-0.15, -0.1) is 0 Å². The number of phenolic OH excluding ortho intramolecular Hbond substituents is 1. The number of hydrogen-bond acceptors (Lipinski definition) is 2. The fourth-order valence-corrected chi connectivity index (χ4v) is 1.44. The van der Waals surface area contributed by atoms with Gasteiger partial charge in [0, 0.05) is 17.6 Å². The molecule has 0 fully saturated rings. The van der Waals surface area contributed by atoms with Crippen LogP contribution in [0, 0.1) is 0 Å². The largest absolute Gasteiger partial charge is 0.508 e. The average molecular weight is 179 g/mol. The fraction of sp³-hybridized carbons (Fsp3) is 0.455. The van der Waals surface area contributed by atoms with Crippen molar-refractivity contribution in [2.45, 2.75) is 32.9 Å². The van der Waals surface area contributed by atoms with Crippen molar-refractivity contribution in [1.82, 2.24) is 5.32 Å². The summed E-state index contributed by atoms with van der Waals surface area (Å²) in [6.07, 6.45) is 0. The molecule has 2 heteroatoms. The molecule has 0 bridgehead atoms. The second kappa shape index (κ2) is 4.28. The Morgan fingerprint density at radius 2 is 1.77 bits per heavy atom. The van der Waals surface area contributed by atoms with Crippen molar-refractivity contribution >= 4 is 0 Å². The lowest BCUT2D eigenvalue weighted by atomic mass is 10.1. The second-order valence-electron chi connectivity index (χ2n) is 3.60. The van der Waals surface area contributed by atoms with Crippen molar-refractivity contribution in [1.29, 1.82) is 0 Å². The second-order valence-corrected chi connectivity index (χ2v) is 3.60. The van der Waals surface area contributed by atoms with Crippen LogP contribution in [0.2, 0.25) is 0 Å². The SMILES string of the molecule is CC(C)NC(C)c1ccccc1O. The normalized spacial score (nSPS) is 13.2. The van der Waals surface area contributed by atoms with Gasteiger partial charge in [0.25, 0.3) is 0 Å². The van der Waals surface area contributed by atoms with E-state index < -0.39 is 0 Å². The molecule has 1 aromatic rings. The first-order chi connectivity index (χ1) is 6.11. The Hall–Kier alpha value is -1.02. The van der Waals surface area contributed by atoms with Gasteiger partial charge < -0.3 is 10.4 Å². The van der Waals surface area contributed by atoms with Crippen LogP contribution in [0.3, 0.4) is 0 Å². The predicted molar refractivity (Wildman–Crippen MR) is 54.8 cm³/mol. The first-order valence-corrected chi connectivity index (χ1v) is 4.65. The third-order valence-corrected chi connectivity index (χ3v) is 1.99. The standard InChI is InChI=1S/C11H17NO/c1-8(2)12-9(3)10-6-4-5-7-11(10)13/h4-9,12-13H,1-3H3. The molecule has 0 radical (unpaired) electrons. The van der Waals surface area contributed by atoms with Crippen LogP contribution in [0.4, 0.5) is 0 Å². The Kier molecular flexibility index (Phi) is 3.32. The Balaban J connectivity index is 2.76. The van der Waals surface area contributed by atoms with E-state index in [9.17, 15) is 5.11 Å². The predicted octanol–water partition coefficient (Wildman–Crippen LogP) is 2.45. The lowest BCUT2D eigenvalue weighted by molar-refractivity contribution is 0.442. The van der Waals surface area contributed by atoms with Crippen LogP contribution in [0.25, 0.3) is 0 Å². The van der Waals surface area contributed by atoms with Crippen LogP contribution < -0.4 is 5.32 Å². The van der Waals surface area contributed by atoms with E-state index in [0.717, 1.165) is 5.56 Å². The van der Waals surface area contributed by atoms with Crippen molar-refractivity contribution in [2.75, 3.05) is 0 Å². The summed E-state index contributed by atoms with van der Waals surface area (Å²) in [5, 5.41) is 12.9. The Morgan fingerprint density at radius 3 is 2.31 bits per heavy atom. The van der Waals surface area contributed by atoms with E-state index in [-0.39, 0.29) is 6.04 Å². The zero-order chi connectivity index (χ0) is 9.84. The van der Waals surface area contributed by atoms with Gasteiger partial charge in [-0.1, -0.05) is 32.0 Å². The van der Waals surface area contributed by atoms with Gasteiger partial charge in [-0.05, 0) is 13.0 Å². The topological polar surface area (TPSA) is 32.3 Å². The zero-order valence-corrected chi connectivity index (χ0v) is 8.41. The molecule has 2 N–H and O–H groups in total. The molecule has 0 heterocycles. The first kappa shape index (κ1) is 10.1. The van der Waals surface area contributed by atoms with E-state index >= 15 is 0 Å². The lowest BCUT2D eigenvalue weighted by Crippen LogP contribution is -2.25. The fourth-order valence-electron chi connectivity index (χ4n) is 1.44. The maximum Gasteiger partial charge on any atom is 0.120 e.